The second-order valence-electron chi connectivity index (χ2n) is 13.0. The van der Waals surface area contributed by atoms with Crippen molar-refractivity contribution in [2.24, 2.45) is 5.92 Å². The van der Waals surface area contributed by atoms with Gasteiger partial charge in [-0.25, -0.2) is 4.79 Å². The van der Waals surface area contributed by atoms with Crippen LogP contribution in [0, 0.1) is 5.92 Å². The molecule has 0 radical (unpaired) electrons. The highest BCUT2D eigenvalue weighted by atomic mass is 16.8. The second-order valence-corrected chi connectivity index (χ2v) is 13.0. The van der Waals surface area contributed by atoms with Crippen LogP contribution in [-0.2, 0) is 28.5 Å². The van der Waals surface area contributed by atoms with E-state index in [0.29, 0.717) is 6.42 Å². The fourth-order valence-electron chi connectivity index (χ4n) is 6.01. The molecule has 20 nitrogen and oxygen atoms in total. The van der Waals surface area contributed by atoms with Gasteiger partial charge >= 0.3 is 5.69 Å². The van der Waals surface area contributed by atoms with Crippen LogP contribution in [0.15, 0.2) is 34.0 Å². The van der Waals surface area contributed by atoms with Crippen LogP contribution in [0.4, 0.5) is 0 Å². The number of carbonyl (C=O) groups excluding carboxylic acids is 2. The summed E-state index contributed by atoms with van der Waals surface area (Å²) in [5.74, 6) is -1.16. The van der Waals surface area contributed by atoms with Crippen LogP contribution < -0.4 is 21.9 Å². The molecule has 4 heterocycles. The topological polar surface area (TPSA) is 312 Å². The van der Waals surface area contributed by atoms with Crippen molar-refractivity contribution >= 4 is 11.8 Å². The molecule has 0 bridgehead atoms. The van der Waals surface area contributed by atoms with Gasteiger partial charge in [-0.2, -0.15) is 0 Å². The van der Waals surface area contributed by atoms with Crippen molar-refractivity contribution in [3.63, 3.8) is 0 Å². The molecule has 15 atom stereocenters. The van der Waals surface area contributed by atoms with E-state index in [1.807, 2.05) is 18.8 Å². The standard InChI is InChI=1S/C30H46N4O16/c1-11(2)5-4-6-16(38)32-19-23(43)20(40)14(47-29(19)50-28-18(31-12(3)36)22(42)21(41)15(10-35)48-28)9-13(37)26-24(44)25(45)27(49-26)34-8-7-17(39)33-30(34)46/h4,6-8,11,13-15,18-29,35,37,40-45H,5,9-10H2,1-3H3,(H,31,36)(H,32,38)(H,33,39,46)/b6-4+/t13-,14-,15?,18?,19-,20?,21-,22?,23?,24?,25?,26-,27-,28-,29?/m1/s1. The molecule has 4 rings (SSSR count). The van der Waals surface area contributed by atoms with Gasteiger partial charge in [0.1, 0.15) is 60.9 Å². The molecule has 3 aliphatic rings. The number of allylic oxidation sites excluding steroid dienone is 1. The number of aromatic amines is 1. The van der Waals surface area contributed by atoms with Gasteiger partial charge in [0, 0.05) is 25.6 Å². The van der Waals surface area contributed by atoms with E-state index in [2.05, 4.69) is 10.6 Å². The third kappa shape index (κ3) is 9.02. The summed E-state index contributed by atoms with van der Waals surface area (Å²) in [7, 11) is 0. The summed E-state index contributed by atoms with van der Waals surface area (Å²) in [5, 5.41) is 90.4. The average molecular weight is 719 g/mol. The van der Waals surface area contributed by atoms with Crippen molar-refractivity contribution in [2.45, 2.75) is 126 Å². The predicted molar refractivity (Wildman–Crippen MR) is 166 cm³/mol. The molecule has 11 N–H and O–H groups in total. The first-order valence-corrected chi connectivity index (χ1v) is 16.1. The summed E-state index contributed by atoms with van der Waals surface area (Å²) >= 11 is 0. The SMILES string of the molecule is CC(=O)NC1C(O)[C@H](O)C(CO)O[C@@H]1OC1O[C@H](C[C@@H](O)[C@H]2O[C@@H](n3ccc(=O)[nH]c3=O)C(O)C2O)C(O)C(O)[C@H]1NC(=O)/C=C/CC(C)C. The minimum Gasteiger partial charge on any atom is -0.394 e. The van der Waals surface area contributed by atoms with Crippen LogP contribution in [0.1, 0.15) is 39.8 Å². The smallest absolute Gasteiger partial charge is 0.330 e. The Morgan fingerprint density at radius 3 is 2.10 bits per heavy atom. The van der Waals surface area contributed by atoms with Gasteiger partial charge in [0.05, 0.1) is 18.8 Å². The van der Waals surface area contributed by atoms with E-state index in [1.165, 1.54) is 6.08 Å². The highest BCUT2D eigenvalue weighted by Crippen LogP contribution is 2.34. The van der Waals surface area contributed by atoms with Crippen LogP contribution in [0.25, 0.3) is 0 Å². The third-order valence-electron chi connectivity index (χ3n) is 8.66. The van der Waals surface area contributed by atoms with Crippen LogP contribution >= 0.6 is 0 Å². The molecule has 282 valence electrons. The Hall–Kier alpha value is -3.12. The number of H-pyrrole nitrogens is 1. The van der Waals surface area contributed by atoms with Gasteiger partial charge in [-0.15, -0.1) is 0 Å². The molecule has 0 spiro atoms. The number of amides is 2. The first-order chi connectivity index (χ1) is 23.5. The minimum atomic E-state index is -1.85. The highest BCUT2D eigenvalue weighted by molar-refractivity contribution is 5.87. The number of ether oxygens (including phenoxy) is 4. The van der Waals surface area contributed by atoms with Crippen molar-refractivity contribution in [3.05, 3.63) is 45.3 Å². The Labute approximate surface area is 284 Å². The quantitative estimate of drug-likeness (QED) is 0.0898. The largest absolute Gasteiger partial charge is 0.394 e. The predicted octanol–water partition coefficient (Wildman–Crippen LogP) is -5.60. The van der Waals surface area contributed by atoms with Gasteiger partial charge in [0.15, 0.2) is 18.8 Å². The molecule has 0 saturated carbocycles. The first-order valence-electron chi connectivity index (χ1n) is 16.1. The van der Waals surface area contributed by atoms with Gasteiger partial charge in [-0.3, -0.25) is 23.9 Å². The third-order valence-corrected chi connectivity index (χ3v) is 8.66. The number of hydrogen-bond acceptors (Lipinski definition) is 16. The van der Waals surface area contributed by atoms with Crippen LogP contribution in [0.2, 0.25) is 0 Å². The molecule has 0 aliphatic carbocycles. The molecule has 0 aromatic carbocycles. The lowest BCUT2D eigenvalue weighted by atomic mass is 9.91. The Morgan fingerprint density at radius 2 is 1.52 bits per heavy atom. The maximum Gasteiger partial charge on any atom is 0.330 e. The summed E-state index contributed by atoms with van der Waals surface area (Å²) in [6.07, 6.45) is -18.1. The van der Waals surface area contributed by atoms with E-state index >= 15 is 0 Å². The lowest BCUT2D eigenvalue weighted by Crippen LogP contribution is -2.68. The molecule has 3 fully saturated rings. The Morgan fingerprint density at radius 1 is 0.920 bits per heavy atom. The Kier molecular flexibility index (Phi) is 13.4. The van der Waals surface area contributed by atoms with Crippen molar-refractivity contribution in [1.29, 1.82) is 0 Å². The lowest BCUT2D eigenvalue weighted by Gasteiger charge is -2.47. The van der Waals surface area contributed by atoms with E-state index in [-0.39, 0.29) is 5.92 Å². The van der Waals surface area contributed by atoms with Gasteiger partial charge in [0.2, 0.25) is 11.8 Å². The number of aliphatic hydroxyl groups is 8. The molecule has 1 aromatic rings. The normalized spacial score (nSPS) is 38.3. The molecule has 3 saturated heterocycles. The van der Waals surface area contributed by atoms with Crippen molar-refractivity contribution in [2.75, 3.05) is 6.61 Å². The molecular weight excluding hydrogens is 672 g/mol. The summed E-state index contributed by atoms with van der Waals surface area (Å²) in [6, 6.07) is -2.02. The number of rotatable bonds is 12. The molecule has 1 aromatic heterocycles. The van der Waals surface area contributed by atoms with Crippen molar-refractivity contribution < 1.29 is 69.4 Å². The van der Waals surface area contributed by atoms with E-state index in [9.17, 15) is 60.0 Å². The minimum absolute atomic E-state index is 0.222. The number of aliphatic hydroxyl groups excluding tert-OH is 8. The average Bonchev–Trinajstić information content (AvgIpc) is 3.34. The zero-order chi connectivity index (χ0) is 37.0. The first kappa shape index (κ1) is 39.7. The molecule has 2 amide bonds. The Balaban J connectivity index is 1.58. The van der Waals surface area contributed by atoms with E-state index < -0.39 is 128 Å². The maximum absolute atomic E-state index is 12.8. The summed E-state index contributed by atoms with van der Waals surface area (Å²) in [4.78, 5) is 50.5. The molecule has 3 aliphatic heterocycles. The molecule has 8 unspecified atom stereocenters. The lowest BCUT2D eigenvalue weighted by molar-refractivity contribution is -0.346. The summed E-state index contributed by atoms with van der Waals surface area (Å²) in [6.45, 7) is 4.19. The highest BCUT2D eigenvalue weighted by Gasteiger charge is 2.53. The zero-order valence-electron chi connectivity index (χ0n) is 27.5. The number of nitrogens with zero attached hydrogens (tertiary/aromatic N) is 1. The van der Waals surface area contributed by atoms with Crippen LogP contribution in [-0.4, -0.2) is 155 Å². The molecular formula is C30H46N4O16. The zero-order valence-corrected chi connectivity index (χ0v) is 27.5. The number of nitrogens with one attached hydrogen (secondary N) is 3. The monoisotopic (exact) mass is 718 g/mol. The summed E-state index contributed by atoms with van der Waals surface area (Å²) < 4.78 is 23.8. The molecule has 20 heteroatoms. The number of carbonyl (C=O) groups is 2. The van der Waals surface area contributed by atoms with E-state index in [4.69, 9.17) is 18.9 Å². The Bertz CT molecular complexity index is 1450. The van der Waals surface area contributed by atoms with Gasteiger partial charge in [-0.1, -0.05) is 19.9 Å². The fourth-order valence-corrected chi connectivity index (χ4v) is 6.01. The molecule has 50 heavy (non-hydrogen) atoms. The fraction of sp³-hybridized carbons (Fsp3) is 0.733. The van der Waals surface area contributed by atoms with Gasteiger partial charge in [0.25, 0.3) is 5.56 Å². The maximum atomic E-state index is 12.8. The number of aromatic nitrogens is 2. The summed E-state index contributed by atoms with van der Waals surface area (Å²) in [5.41, 5.74) is -1.69. The van der Waals surface area contributed by atoms with Gasteiger partial charge in [-0.05, 0) is 18.4 Å². The van der Waals surface area contributed by atoms with Gasteiger partial charge < -0.3 is 70.4 Å². The van der Waals surface area contributed by atoms with Crippen LogP contribution in [0.3, 0.4) is 0 Å². The van der Waals surface area contributed by atoms with E-state index in [0.717, 1.165) is 23.8 Å². The van der Waals surface area contributed by atoms with E-state index in [1.54, 1.807) is 6.08 Å². The second kappa shape index (κ2) is 16.9. The van der Waals surface area contributed by atoms with Crippen molar-refractivity contribution in [3.8, 4) is 0 Å². The van der Waals surface area contributed by atoms with Crippen molar-refractivity contribution in [1.82, 2.24) is 20.2 Å². The van der Waals surface area contributed by atoms with Crippen LogP contribution in [0.5, 0.6) is 0 Å². The number of hydrogen-bond donors (Lipinski definition) is 11.